The highest BCUT2D eigenvalue weighted by Gasteiger charge is 2.24. The molecule has 0 aromatic heterocycles. The second kappa shape index (κ2) is 8.12. The molecule has 1 fully saturated rings. The van der Waals surface area contributed by atoms with Gasteiger partial charge in [0.1, 0.15) is 0 Å². The number of carboxylic acids is 1. The number of carbonyl (C=O) groups excluding carboxylic acids is 1. The van der Waals surface area contributed by atoms with E-state index in [1.165, 1.54) is 19.3 Å². The Morgan fingerprint density at radius 3 is 2.40 bits per heavy atom. The first-order chi connectivity index (χ1) is 9.43. The van der Waals surface area contributed by atoms with Crippen molar-refractivity contribution in [2.75, 3.05) is 19.6 Å². The lowest BCUT2D eigenvalue weighted by Crippen LogP contribution is -2.45. The van der Waals surface area contributed by atoms with Crippen LogP contribution in [0.15, 0.2) is 0 Å². The Kier molecular flexibility index (Phi) is 6.82. The number of aliphatic carboxylic acids is 1. The summed E-state index contributed by atoms with van der Waals surface area (Å²) in [6, 6.07) is -0.130. The van der Waals surface area contributed by atoms with Gasteiger partial charge < -0.3 is 15.3 Å². The van der Waals surface area contributed by atoms with Gasteiger partial charge in [-0.2, -0.15) is 0 Å². The molecular weight excluding hydrogens is 256 g/mol. The highest BCUT2D eigenvalue weighted by Crippen LogP contribution is 2.27. The number of nitrogens with one attached hydrogen (secondary N) is 1. The van der Waals surface area contributed by atoms with Gasteiger partial charge in [0, 0.05) is 19.6 Å². The molecule has 5 nitrogen and oxygen atoms in total. The minimum absolute atomic E-state index is 0.130. The van der Waals surface area contributed by atoms with E-state index in [9.17, 15) is 9.59 Å². The zero-order valence-corrected chi connectivity index (χ0v) is 12.9. The second-order valence-corrected chi connectivity index (χ2v) is 6.19. The Hall–Kier alpha value is -1.26. The predicted octanol–water partition coefficient (Wildman–Crippen LogP) is 2.56. The first-order valence-electron chi connectivity index (χ1n) is 7.69. The number of carboxylic acid groups (broad SMARTS) is 1. The topological polar surface area (TPSA) is 69.6 Å². The maximum Gasteiger partial charge on any atom is 0.317 e. The molecule has 2 amide bonds. The summed E-state index contributed by atoms with van der Waals surface area (Å²) >= 11 is 0. The Balaban J connectivity index is 2.39. The van der Waals surface area contributed by atoms with Crippen LogP contribution in [0.25, 0.3) is 0 Å². The van der Waals surface area contributed by atoms with Gasteiger partial charge in [0.25, 0.3) is 0 Å². The number of carbonyl (C=O) groups is 2. The van der Waals surface area contributed by atoms with Crippen molar-refractivity contribution in [1.29, 1.82) is 0 Å². The fourth-order valence-corrected chi connectivity index (χ4v) is 2.51. The molecule has 0 saturated heterocycles. The van der Waals surface area contributed by atoms with E-state index in [0.29, 0.717) is 24.8 Å². The van der Waals surface area contributed by atoms with E-state index in [1.807, 2.05) is 20.8 Å². The van der Waals surface area contributed by atoms with E-state index >= 15 is 0 Å². The van der Waals surface area contributed by atoms with Crippen molar-refractivity contribution in [3.8, 4) is 0 Å². The van der Waals surface area contributed by atoms with Gasteiger partial charge >= 0.3 is 12.0 Å². The highest BCUT2D eigenvalue weighted by molar-refractivity contribution is 5.76. The molecule has 1 unspecified atom stereocenters. The summed E-state index contributed by atoms with van der Waals surface area (Å²) in [5, 5.41) is 11.9. The SMILES string of the molecule is CCN(CC1CCC1)C(=O)NCC(CC(C)C)C(=O)O. The molecule has 20 heavy (non-hydrogen) atoms. The number of amides is 2. The molecule has 0 radical (unpaired) electrons. The first kappa shape index (κ1) is 16.8. The average molecular weight is 284 g/mol. The smallest absolute Gasteiger partial charge is 0.317 e. The van der Waals surface area contributed by atoms with Gasteiger partial charge in [-0.3, -0.25) is 4.79 Å². The third-order valence-corrected chi connectivity index (χ3v) is 3.98. The standard InChI is InChI=1S/C15H28N2O3/c1-4-17(10-12-6-5-7-12)15(20)16-9-13(14(18)19)8-11(2)3/h11-13H,4-10H2,1-3H3,(H,16,20)(H,18,19). The normalized spacial score (nSPS) is 16.6. The number of hydrogen-bond acceptors (Lipinski definition) is 2. The number of rotatable bonds is 8. The quantitative estimate of drug-likeness (QED) is 0.719. The van der Waals surface area contributed by atoms with E-state index in [-0.39, 0.29) is 12.6 Å². The summed E-state index contributed by atoms with van der Waals surface area (Å²) in [5.41, 5.74) is 0. The maximum absolute atomic E-state index is 12.1. The summed E-state index contributed by atoms with van der Waals surface area (Å²) in [4.78, 5) is 25.0. The van der Waals surface area contributed by atoms with Gasteiger partial charge in [0.05, 0.1) is 5.92 Å². The monoisotopic (exact) mass is 284 g/mol. The minimum atomic E-state index is -0.832. The third kappa shape index (κ3) is 5.39. The minimum Gasteiger partial charge on any atom is -0.481 e. The molecule has 1 aliphatic rings. The number of hydrogen-bond donors (Lipinski definition) is 2. The van der Waals surface area contributed by atoms with Crippen molar-refractivity contribution in [1.82, 2.24) is 10.2 Å². The van der Waals surface area contributed by atoms with Crippen LogP contribution in [0.4, 0.5) is 4.79 Å². The molecule has 0 heterocycles. The molecule has 116 valence electrons. The molecule has 1 saturated carbocycles. The molecular formula is C15H28N2O3. The van der Waals surface area contributed by atoms with Crippen LogP contribution in [0.5, 0.6) is 0 Å². The van der Waals surface area contributed by atoms with Crippen molar-refractivity contribution in [3.05, 3.63) is 0 Å². The predicted molar refractivity (Wildman–Crippen MR) is 78.6 cm³/mol. The van der Waals surface area contributed by atoms with Crippen LogP contribution in [0.2, 0.25) is 0 Å². The Morgan fingerprint density at radius 2 is 2.00 bits per heavy atom. The Morgan fingerprint density at radius 1 is 1.35 bits per heavy atom. The van der Waals surface area contributed by atoms with Crippen LogP contribution in [0, 0.1) is 17.8 Å². The lowest BCUT2D eigenvalue weighted by atomic mass is 9.85. The van der Waals surface area contributed by atoms with E-state index in [0.717, 1.165) is 6.54 Å². The summed E-state index contributed by atoms with van der Waals surface area (Å²) < 4.78 is 0. The molecule has 0 aromatic carbocycles. The molecule has 0 aliphatic heterocycles. The molecule has 2 N–H and O–H groups in total. The van der Waals surface area contributed by atoms with E-state index in [4.69, 9.17) is 5.11 Å². The van der Waals surface area contributed by atoms with Crippen LogP contribution in [0.3, 0.4) is 0 Å². The third-order valence-electron chi connectivity index (χ3n) is 3.98. The van der Waals surface area contributed by atoms with Crippen molar-refractivity contribution >= 4 is 12.0 Å². The van der Waals surface area contributed by atoms with Gasteiger partial charge in [-0.1, -0.05) is 20.3 Å². The summed E-state index contributed by atoms with van der Waals surface area (Å²) in [6.07, 6.45) is 4.26. The Bertz CT molecular complexity index is 327. The van der Waals surface area contributed by atoms with E-state index in [1.54, 1.807) is 4.90 Å². The summed E-state index contributed by atoms with van der Waals surface area (Å²) in [6.45, 7) is 7.63. The van der Waals surface area contributed by atoms with Gasteiger partial charge in [0.15, 0.2) is 0 Å². The number of urea groups is 1. The lowest BCUT2D eigenvalue weighted by molar-refractivity contribution is -0.142. The van der Waals surface area contributed by atoms with Crippen molar-refractivity contribution in [2.45, 2.75) is 46.5 Å². The number of nitrogens with zero attached hydrogens (tertiary/aromatic N) is 1. The molecule has 1 rings (SSSR count). The van der Waals surface area contributed by atoms with Gasteiger partial charge in [-0.05, 0) is 38.0 Å². The van der Waals surface area contributed by atoms with E-state index < -0.39 is 11.9 Å². The summed E-state index contributed by atoms with van der Waals surface area (Å²) in [7, 11) is 0. The fourth-order valence-electron chi connectivity index (χ4n) is 2.51. The van der Waals surface area contributed by atoms with Crippen LogP contribution in [0.1, 0.15) is 46.5 Å². The zero-order chi connectivity index (χ0) is 15.1. The van der Waals surface area contributed by atoms with Crippen LogP contribution in [-0.2, 0) is 4.79 Å². The molecule has 1 atom stereocenters. The zero-order valence-electron chi connectivity index (χ0n) is 12.9. The maximum atomic E-state index is 12.1. The Labute approximate surface area is 121 Å². The van der Waals surface area contributed by atoms with E-state index in [2.05, 4.69) is 5.32 Å². The lowest BCUT2D eigenvalue weighted by Gasteiger charge is -2.32. The van der Waals surface area contributed by atoms with Crippen molar-refractivity contribution in [2.24, 2.45) is 17.8 Å². The molecule has 5 heteroatoms. The largest absolute Gasteiger partial charge is 0.481 e. The van der Waals surface area contributed by atoms with Gasteiger partial charge in [-0.15, -0.1) is 0 Å². The van der Waals surface area contributed by atoms with Gasteiger partial charge in [0.2, 0.25) is 0 Å². The molecule has 0 aromatic rings. The first-order valence-corrected chi connectivity index (χ1v) is 7.69. The van der Waals surface area contributed by atoms with Crippen molar-refractivity contribution < 1.29 is 14.7 Å². The van der Waals surface area contributed by atoms with Gasteiger partial charge in [-0.25, -0.2) is 4.79 Å². The van der Waals surface area contributed by atoms with Crippen LogP contribution >= 0.6 is 0 Å². The molecule has 0 spiro atoms. The van der Waals surface area contributed by atoms with Crippen molar-refractivity contribution in [3.63, 3.8) is 0 Å². The van der Waals surface area contributed by atoms with Crippen LogP contribution in [-0.4, -0.2) is 41.6 Å². The fraction of sp³-hybridized carbons (Fsp3) is 0.867. The second-order valence-electron chi connectivity index (χ2n) is 6.19. The highest BCUT2D eigenvalue weighted by atomic mass is 16.4. The molecule has 0 bridgehead atoms. The summed E-state index contributed by atoms with van der Waals surface area (Å²) in [5.74, 6) is -0.390. The molecule has 1 aliphatic carbocycles. The average Bonchev–Trinajstić information content (AvgIpc) is 2.32. The van der Waals surface area contributed by atoms with Crippen LogP contribution < -0.4 is 5.32 Å².